The fourth-order valence-corrected chi connectivity index (χ4v) is 2.59. The van der Waals surface area contributed by atoms with Crippen molar-refractivity contribution in [2.45, 2.75) is 0 Å². The van der Waals surface area contributed by atoms with Crippen LogP contribution in [0.3, 0.4) is 0 Å². The van der Waals surface area contributed by atoms with Gasteiger partial charge in [0.05, 0.1) is 10.2 Å². The Kier molecular flexibility index (Phi) is 3.85. The summed E-state index contributed by atoms with van der Waals surface area (Å²) in [5, 5.41) is 4.94. The van der Waals surface area contributed by atoms with Crippen LogP contribution in [0.25, 0.3) is 16.3 Å². The molecule has 0 aliphatic rings. The highest BCUT2D eigenvalue weighted by molar-refractivity contribution is 7.22. The molecule has 0 amide bonds. The molecule has 0 saturated heterocycles. The maximum absolute atomic E-state index is 4.44. The molecule has 0 saturated carbocycles. The molecule has 3 aromatic rings. The Morgan fingerprint density at radius 1 is 1.00 bits per heavy atom. The van der Waals surface area contributed by atoms with E-state index < -0.39 is 0 Å². The molecule has 4 heteroatoms. The highest BCUT2D eigenvalue weighted by Gasteiger charge is 2.00. The van der Waals surface area contributed by atoms with Gasteiger partial charge in [0.1, 0.15) is 0 Å². The highest BCUT2D eigenvalue weighted by atomic mass is 32.1. The van der Waals surface area contributed by atoms with Crippen molar-refractivity contribution in [3.8, 4) is 0 Å². The molecule has 3 nitrogen and oxygen atoms in total. The van der Waals surface area contributed by atoms with Gasteiger partial charge in [-0.2, -0.15) is 5.10 Å². The highest BCUT2D eigenvalue weighted by Crippen LogP contribution is 2.25. The van der Waals surface area contributed by atoms with Crippen LogP contribution in [0.5, 0.6) is 0 Å². The quantitative estimate of drug-likeness (QED) is 0.567. The topological polar surface area (TPSA) is 37.3 Å². The van der Waals surface area contributed by atoms with E-state index in [1.807, 2.05) is 60.7 Å². The van der Waals surface area contributed by atoms with Crippen molar-refractivity contribution in [1.82, 2.24) is 4.98 Å². The molecule has 3 rings (SSSR count). The maximum atomic E-state index is 4.44. The first-order chi connectivity index (χ1) is 9.92. The summed E-state index contributed by atoms with van der Waals surface area (Å²) < 4.78 is 1.16. The summed E-state index contributed by atoms with van der Waals surface area (Å²) >= 11 is 1.59. The van der Waals surface area contributed by atoms with Gasteiger partial charge < -0.3 is 0 Å². The molecule has 2 aromatic carbocycles. The molecule has 1 heterocycles. The van der Waals surface area contributed by atoms with Gasteiger partial charge in [-0.25, -0.2) is 4.98 Å². The third-order valence-corrected chi connectivity index (χ3v) is 3.64. The van der Waals surface area contributed by atoms with Crippen LogP contribution in [0, 0.1) is 0 Å². The molecule has 20 heavy (non-hydrogen) atoms. The lowest BCUT2D eigenvalue weighted by Crippen LogP contribution is -1.86. The Morgan fingerprint density at radius 2 is 1.80 bits per heavy atom. The smallest absolute Gasteiger partial charge is 0.204 e. The van der Waals surface area contributed by atoms with E-state index in [9.17, 15) is 0 Å². The van der Waals surface area contributed by atoms with Crippen molar-refractivity contribution in [2.75, 3.05) is 5.43 Å². The molecule has 0 aliphatic heterocycles. The zero-order valence-electron chi connectivity index (χ0n) is 10.7. The first-order valence-corrected chi connectivity index (χ1v) is 7.10. The first kappa shape index (κ1) is 12.6. The van der Waals surface area contributed by atoms with Crippen LogP contribution in [0.2, 0.25) is 0 Å². The summed E-state index contributed by atoms with van der Waals surface area (Å²) in [5.41, 5.74) is 5.09. The fourth-order valence-electron chi connectivity index (χ4n) is 1.77. The first-order valence-electron chi connectivity index (χ1n) is 6.28. The zero-order chi connectivity index (χ0) is 13.6. The molecule has 1 aromatic heterocycles. The average molecular weight is 279 g/mol. The standard InChI is InChI=1S/C16H13N3S/c1-2-7-13(8-3-1)9-6-12-17-19-16-18-14-10-4-5-11-15(14)20-16/h1-12H,(H,18,19)/b9-6-,17-12?. The Bertz CT molecular complexity index is 712. The summed E-state index contributed by atoms with van der Waals surface area (Å²) in [5.74, 6) is 0. The summed E-state index contributed by atoms with van der Waals surface area (Å²) in [4.78, 5) is 4.44. The second-order valence-corrected chi connectivity index (χ2v) is 5.18. The van der Waals surface area contributed by atoms with E-state index >= 15 is 0 Å². The molecular weight excluding hydrogens is 266 g/mol. The number of aromatic nitrogens is 1. The number of nitrogens with zero attached hydrogens (tertiary/aromatic N) is 2. The minimum absolute atomic E-state index is 0.801. The van der Waals surface area contributed by atoms with Crippen LogP contribution in [-0.2, 0) is 0 Å². The van der Waals surface area contributed by atoms with Crippen molar-refractivity contribution in [2.24, 2.45) is 5.10 Å². The number of para-hydroxylation sites is 1. The molecule has 1 N–H and O–H groups in total. The molecule has 0 radical (unpaired) electrons. The summed E-state index contributed by atoms with van der Waals surface area (Å²) in [7, 11) is 0. The number of benzene rings is 2. The zero-order valence-corrected chi connectivity index (χ0v) is 11.5. The Morgan fingerprint density at radius 3 is 2.65 bits per heavy atom. The molecule has 0 fully saturated rings. The van der Waals surface area contributed by atoms with E-state index in [0.29, 0.717) is 0 Å². The Hall–Kier alpha value is -2.46. The van der Waals surface area contributed by atoms with Crippen molar-refractivity contribution >= 4 is 39.0 Å². The lowest BCUT2D eigenvalue weighted by molar-refractivity contribution is 1.31. The van der Waals surface area contributed by atoms with Gasteiger partial charge in [-0.05, 0) is 23.8 Å². The number of rotatable bonds is 4. The third-order valence-electron chi connectivity index (χ3n) is 2.70. The number of allylic oxidation sites excluding steroid dienone is 1. The Labute approximate surface area is 121 Å². The number of nitrogens with one attached hydrogen (secondary N) is 1. The SMILES string of the molecule is C(/C=C\c1ccccc1)=NNc1nc2ccccc2s1. The van der Waals surface area contributed by atoms with E-state index in [0.717, 1.165) is 20.9 Å². The molecule has 0 spiro atoms. The van der Waals surface area contributed by atoms with Crippen LogP contribution >= 0.6 is 11.3 Å². The number of hydrogen-bond donors (Lipinski definition) is 1. The lowest BCUT2D eigenvalue weighted by atomic mass is 10.2. The van der Waals surface area contributed by atoms with Crippen molar-refractivity contribution in [3.63, 3.8) is 0 Å². The van der Waals surface area contributed by atoms with E-state index in [1.165, 1.54) is 0 Å². The third kappa shape index (κ3) is 3.10. The number of hydrogen-bond acceptors (Lipinski definition) is 4. The predicted molar refractivity (Wildman–Crippen MR) is 87.2 cm³/mol. The fraction of sp³-hybridized carbons (Fsp3) is 0. The molecule has 0 aliphatic carbocycles. The van der Waals surface area contributed by atoms with E-state index in [2.05, 4.69) is 21.6 Å². The summed E-state index contributed by atoms with van der Waals surface area (Å²) in [6.07, 6.45) is 5.62. The van der Waals surface area contributed by atoms with Crippen LogP contribution in [0.1, 0.15) is 5.56 Å². The molecule has 98 valence electrons. The van der Waals surface area contributed by atoms with E-state index in [1.54, 1.807) is 17.6 Å². The second-order valence-electron chi connectivity index (χ2n) is 4.15. The van der Waals surface area contributed by atoms with Gasteiger partial charge in [0, 0.05) is 6.21 Å². The molecule has 0 atom stereocenters. The number of hydrazone groups is 1. The lowest BCUT2D eigenvalue weighted by Gasteiger charge is -1.90. The monoisotopic (exact) mass is 279 g/mol. The molecular formula is C16H13N3S. The minimum atomic E-state index is 0.801. The van der Waals surface area contributed by atoms with Crippen LogP contribution < -0.4 is 5.43 Å². The van der Waals surface area contributed by atoms with Gasteiger partial charge in [-0.3, -0.25) is 5.43 Å². The summed E-state index contributed by atoms with van der Waals surface area (Å²) in [6, 6.07) is 18.2. The van der Waals surface area contributed by atoms with E-state index in [4.69, 9.17) is 0 Å². The van der Waals surface area contributed by atoms with Gasteiger partial charge in [-0.1, -0.05) is 59.9 Å². The summed E-state index contributed by atoms with van der Waals surface area (Å²) in [6.45, 7) is 0. The largest absolute Gasteiger partial charge is 0.253 e. The van der Waals surface area contributed by atoms with Gasteiger partial charge >= 0.3 is 0 Å². The average Bonchev–Trinajstić information content (AvgIpc) is 2.90. The number of fused-ring (bicyclic) bond motifs is 1. The van der Waals surface area contributed by atoms with Crippen LogP contribution in [0.4, 0.5) is 5.13 Å². The van der Waals surface area contributed by atoms with Crippen LogP contribution in [0.15, 0.2) is 65.8 Å². The van der Waals surface area contributed by atoms with Crippen LogP contribution in [-0.4, -0.2) is 11.2 Å². The molecule has 0 unspecified atom stereocenters. The van der Waals surface area contributed by atoms with Crippen molar-refractivity contribution in [3.05, 3.63) is 66.2 Å². The second kappa shape index (κ2) is 6.12. The Balaban J connectivity index is 1.61. The number of thiazole rings is 1. The van der Waals surface area contributed by atoms with Gasteiger partial charge in [0.2, 0.25) is 5.13 Å². The van der Waals surface area contributed by atoms with Crippen molar-refractivity contribution in [1.29, 1.82) is 0 Å². The maximum Gasteiger partial charge on any atom is 0.204 e. The van der Waals surface area contributed by atoms with E-state index in [-0.39, 0.29) is 0 Å². The van der Waals surface area contributed by atoms with Crippen molar-refractivity contribution < 1.29 is 0 Å². The molecule has 0 bridgehead atoms. The normalized spacial score (nSPS) is 11.6. The number of anilines is 1. The van der Waals surface area contributed by atoms with Gasteiger partial charge in [0.25, 0.3) is 0 Å². The minimum Gasteiger partial charge on any atom is -0.253 e. The predicted octanol–water partition coefficient (Wildman–Crippen LogP) is 4.41. The van der Waals surface area contributed by atoms with Gasteiger partial charge in [-0.15, -0.1) is 0 Å². The van der Waals surface area contributed by atoms with Gasteiger partial charge in [0.15, 0.2) is 0 Å².